The molecule has 1 aliphatic rings. The molecule has 1 atom stereocenters. The van der Waals surface area contributed by atoms with Gasteiger partial charge in [0, 0.05) is 25.2 Å². The molecular formula is C19H23N3O4. The molecular weight excluding hydrogens is 334 g/mol. The molecule has 1 amide bonds. The number of aromatic nitrogens is 2. The van der Waals surface area contributed by atoms with Crippen molar-refractivity contribution in [2.45, 2.75) is 25.8 Å². The predicted octanol–water partition coefficient (Wildman–Crippen LogP) is 1.91. The number of imidazole rings is 1. The Morgan fingerprint density at radius 3 is 2.88 bits per heavy atom. The standard InChI is InChI=1S/C19H23N3O4/c1-2-6-19(18(25)26)7-3-8-21(12-19)17(24)14-4-5-16-15(11-14)20-13-22(16)9-10-23/h2,4-5,11,13,23H,1,3,6-10,12H2,(H,25,26)/t19-/m0/s1. The van der Waals surface area contributed by atoms with Crippen LogP contribution in [-0.2, 0) is 11.3 Å². The zero-order valence-electron chi connectivity index (χ0n) is 14.6. The van der Waals surface area contributed by atoms with Gasteiger partial charge in [-0.3, -0.25) is 9.59 Å². The minimum atomic E-state index is -0.956. The third-order valence-corrected chi connectivity index (χ3v) is 5.06. The van der Waals surface area contributed by atoms with Crippen LogP contribution in [0.5, 0.6) is 0 Å². The van der Waals surface area contributed by atoms with Crippen LogP contribution in [0.15, 0.2) is 37.2 Å². The summed E-state index contributed by atoms with van der Waals surface area (Å²) in [6, 6.07) is 5.25. The summed E-state index contributed by atoms with van der Waals surface area (Å²) < 4.78 is 1.82. The topological polar surface area (TPSA) is 95.7 Å². The Morgan fingerprint density at radius 1 is 1.38 bits per heavy atom. The third kappa shape index (κ3) is 3.22. The zero-order valence-corrected chi connectivity index (χ0v) is 14.6. The lowest BCUT2D eigenvalue weighted by molar-refractivity contribution is -0.151. The Balaban J connectivity index is 1.85. The number of allylic oxidation sites excluding steroid dienone is 1. The zero-order chi connectivity index (χ0) is 18.7. The monoisotopic (exact) mass is 357 g/mol. The van der Waals surface area contributed by atoms with Gasteiger partial charge in [-0.05, 0) is 37.5 Å². The van der Waals surface area contributed by atoms with Gasteiger partial charge in [0.2, 0.25) is 0 Å². The number of rotatable bonds is 6. The summed E-state index contributed by atoms with van der Waals surface area (Å²) >= 11 is 0. The summed E-state index contributed by atoms with van der Waals surface area (Å²) in [6.45, 7) is 4.85. The number of nitrogens with zero attached hydrogens (tertiary/aromatic N) is 3. The van der Waals surface area contributed by atoms with E-state index in [2.05, 4.69) is 11.6 Å². The number of hydrogen-bond donors (Lipinski definition) is 2. The molecule has 7 heteroatoms. The number of carboxylic acids is 1. The Morgan fingerprint density at radius 2 is 2.19 bits per heavy atom. The first-order valence-corrected chi connectivity index (χ1v) is 8.70. The van der Waals surface area contributed by atoms with E-state index in [1.54, 1.807) is 29.4 Å². The molecule has 138 valence electrons. The van der Waals surface area contributed by atoms with Crippen molar-refractivity contribution in [3.05, 3.63) is 42.7 Å². The SMILES string of the molecule is C=CC[C@]1(C(=O)O)CCCN(C(=O)c2ccc3c(c2)ncn3CCO)C1. The number of piperidine rings is 1. The fourth-order valence-corrected chi connectivity index (χ4v) is 3.68. The van der Waals surface area contributed by atoms with Gasteiger partial charge in [-0.1, -0.05) is 6.08 Å². The number of aliphatic hydroxyl groups is 1. The molecule has 0 bridgehead atoms. The van der Waals surface area contributed by atoms with Crippen molar-refractivity contribution in [1.29, 1.82) is 0 Å². The van der Waals surface area contributed by atoms with E-state index in [1.807, 2.05) is 10.6 Å². The molecule has 2 aromatic rings. The lowest BCUT2D eigenvalue weighted by Crippen LogP contribution is -2.49. The highest BCUT2D eigenvalue weighted by Crippen LogP contribution is 2.35. The third-order valence-electron chi connectivity index (χ3n) is 5.06. The summed E-state index contributed by atoms with van der Waals surface area (Å²) in [5.74, 6) is -1.06. The maximum atomic E-state index is 12.9. The van der Waals surface area contributed by atoms with Crippen LogP contribution in [0.2, 0.25) is 0 Å². The second-order valence-electron chi connectivity index (χ2n) is 6.77. The normalized spacial score (nSPS) is 20.3. The second kappa shape index (κ2) is 7.29. The van der Waals surface area contributed by atoms with Gasteiger partial charge in [-0.15, -0.1) is 6.58 Å². The van der Waals surface area contributed by atoms with Crippen LogP contribution in [0.1, 0.15) is 29.6 Å². The number of aliphatic hydroxyl groups excluding tert-OH is 1. The Kier molecular flexibility index (Phi) is 5.08. The summed E-state index contributed by atoms with van der Waals surface area (Å²) in [5.41, 5.74) is 1.06. The van der Waals surface area contributed by atoms with Crippen LogP contribution in [0, 0.1) is 5.41 Å². The quantitative estimate of drug-likeness (QED) is 0.770. The lowest BCUT2D eigenvalue weighted by Gasteiger charge is -2.39. The van der Waals surface area contributed by atoms with Gasteiger partial charge in [0.25, 0.3) is 5.91 Å². The molecule has 0 radical (unpaired) electrons. The number of fused-ring (bicyclic) bond motifs is 1. The van der Waals surface area contributed by atoms with Gasteiger partial charge in [0.05, 0.1) is 29.4 Å². The molecule has 1 fully saturated rings. The molecule has 0 aliphatic carbocycles. The Hall–Kier alpha value is -2.67. The lowest BCUT2D eigenvalue weighted by atomic mass is 9.77. The van der Waals surface area contributed by atoms with Gasteiger partial charge in [-0.25, -0.2) is 4.98 Å². The van der Waals surface area contributed by atoms with E-state index in [0.29, 0.717) is 43.4 Å². The van der Waals surface area contributed by atoms with E-state index in [-0.39, 0.29) is 19.1 Å². The summed E-state index contributed by atoms with van der Waals surface area (Å²) in [5, 5.41) is 18.7. The van der Waals surface area contributed by atoms with Crippen LogP contribution < -0.4 is 0 Å². The number of carbonyl (C=O) groups is 2. The van der Waals surface area contributed by atoms with Crippen LogP contribution >= 0.6 is 0 Å². The number of likely N-dealkylation sites (tertiary alicyclic amines) is 1. The van der Waals surface area contributed by atoms with Crippen molar-refractivity contribution in [3.63, 3.8) is 0 Å². The fourth-order valence-electron chi connectivity index (χ4n) is 3.68. The maximum absolute atomic E-state index is 12.9. The second-order valence-corrected chi connectivity index (χ2v) is 6.77. The van der Waals surface area contributed by atoms with Crippen molar-refractivity contribution in [2.24, 2.45) is 5.41 Å². The molecule has 0 saturated carbocycles. The highest BCUT2D eigenvalue weighted by molar-refractivity contribution is 5.97. The molecule has 0 spiro atoms. The van der Waals surface area contributed by atoms with E-state index in [0.717, 1.165) is 5.52 Å². The molecule has 3 rings (SSSR count). The first-order valence-electron chi connectivity index (χ1n) is 8.70. The Bertz CT molecular complexity index is 844. The molecule has 7 nitrogen and oxygen atoms in total. The van der Waals surface area contributed by atoms with Crippen LogP contribution in [0.25, 0.3) is 11.0 Å². The molecule has 2 N–H and O–H groups in total. The highest BCUT2D eigenvalue weighted by Gasteiger charge is 2.42. The van der Waals surface area contributed by atoms with Gasteiger partial charge < -0.3 is 19.7 Å². The predicted molar refractivity (Wildman–Crippen MR) is 96.8 cm³/mol. The van der Waals surface area contributed by atoms with E-state index >= 15 is 0 Å². The van der Waals surface area contributed by atoms with Crippen molar-refractivity contribution >= 4 is 22.9 Å². The molecule has 1 aromatic heterocycles. The average Bonchev–Trinajstić information content (AvgIpc) is 3.04. The first-order chi connectivity index (χ1) is 12.5. The minimum absolute atomic E-state index is 0.0144. The number of amides is 1. The minimum Gasteiger partial charge on any atom is -0.481 e. The molecule has 26 heavy (non-hydrogen) atoms. The first kappa shape index (κ1) is 18.1. The summed E-state index contributed by atoms with van der Waals surface area (Å²) in [6.07, 6.45) is 4.79. The van der Waals surface area contributed by atoms with Crippen molar-refractivity contribution in [3.8, 4) is 0 Å². The van der Waals surface area contributed by atoms with Crippen molar-refractivity contribution < 1.29 is 19.8 Å². The maximum Gasteiger partial charge on any atom is 0.311 e. The van der Waals surface area contributed by atoms with E-state index in [4.69, 9.17) is 5.11 Å². The molecule has 1 saturated heterocycles. The van der Waals surface area contributed by atoms with Crippen LogP contribution in [-0.4, -0.2) is 56.2 Å². The van der Waals surface area contributed by atoms with E-state index in [9.17, 15) is 14.7 Å². The number of hydrogen-bond acceptors (Lipinski definition) is 4. The largest absolute Gasteiger partial charge is 0.481 e. The molecule has 1 aliphatic heterocycles. The fraction of sp³-hybridized carbons (Fsp3) is 0.421. The van der Waals surface area contributed by atoms with Crippen molar-refractivity contribution in [2.75, 3.05) is 19.7 Å². The smallest absolute Gasteiger partial charge is 0.311 e. The van der Waals surface area contributed by atoms with Crippen LogP contribution in [0.3, 0.4) is 0 Å². The molecule has 2 heterocycles. The number of aliphatic carboxylic acids is 1. The molecule has 1 aromatic carbocycles. The Labute approximate surface area is 151 Å². The van der Waals surface area contributed by atoms with Crippen molar-refractivity contribution in [1.82, 2.24) is 14.5 Å². The van der Waals surface area contributed by atoms with Gasteiger partial charge >= 0.3 is 5.97 Å². The van der Waals surface area contributed by atoms with Gasteiger partial charge in [-0.2, -0.15) is 0 Å². The number of benzene rings is 1. The van der Waals surface area contributed by atoms with E-state index < -0.39 is 11.4 Å². The summed E-state index contributed by atoms with van der Waals surface area (Å²) in [7, 11) is 0. The average molecular weight is 357 g/mol. The van der Waals surface area contributed by atoms with Crippen LogP contribution in [0.4, 0.5) is 0 Å². The highest BCUT2D eigenvalue weighted by atomic mass is 16.4. The van der Waals surface area contributed by atoms with Gasteiger partial charge in [0.1, 0.15) is 0 Å². The number of carbonyl (C=O) groups excluding carboxylic acids is 1. The van der Waals surface area contributed by atoms with E-state index in [1.165, 1.54) is 0 Å². The molecule has 0 unspecified atom stereocenters. The number of carboxylic acid groups (broad SMARTS) is 1. The summed E-state index contributed by atoms with van der Waals surface area (Å²) in [4.78, 5) is 30.6. The van der Waals surface area contributed by atoms with Gasteiger partial charge in [0.15, 0.2) is 0 Å².